The molecule has 0 spiro atoms. The summed E-state index contributed by atoms with van der Waals surface area (Å²) >= 11 is 1.72. The largest absolute Gasteiger partial charge is 0.394 e. The zero-order chi connectivity index (χ0) is 11.5. The minimum Gasteiger partial charge on any atom is -0.394 e. The maximum absolute atomic E-state index is 9.18. The Morgan fingerprint density at radius 2 is 2.44 bits per heavy atom. The molecule has 0 amide bonds. The lowest BCUT2D eigenvalue weighted by molar-refractivity contribution is -0.0197. The maximum atomic E-state index is 9.18. The van der Waals surface area contributed by atoms with Gasteiger partial charge in [-0.1, -0.05) is 19.9 Å². The van der Waals surface area contributed by atoms with Gasteiger partial charge in [0.15, 0.2) is 0 Å². The molecule has 1 saturated heterocycles. The van der Waals surface area contributed by atoms with E-state index in [-0.39, 0.29) is 18.9 Å². The first kappa shape index (κ1) is 12.0. The quantitative estimate of drug-likeness (QED) is 0.876. The zero-order valence-electron chi connectivity index (χ0n) is 9.80. The second kappa shape index (κ2) is 5.27. The molecule has 3 nitrogen and oxygen atoms in total. The van der Waals surface area contributed by atoms with Gasteiger partial charge in [0, 0.05) is 18.0 Å². The van der Waals surface area contributed by atoms with Crippen molar-refractivity contribution in [1.82, 2.24) is 4.90 Å². The highest BCUT2D eigenvalue weighted by Gasteiger charge is 2.34. The first-order valence-corrected chi connectivity index (χ1v) is 6.62. The van der Waals surface area contributed by atoms with Gasteiger partial charge in [-0.3, -0.25) is 4.90 Å². The third-order valence-corrected chi connectivity index (χ3v) is 3.58. The fraction of sp³-hybridized carbons (Fsp3) is 0.667. The van der Waals surface area contributed by atoms with Crippen LogP contribution < -0.4 is 0 Å². The molecule has 16 heavy (non-hydrogen) atoms. The van der Waals surface area contributed by atoms with Crippen LogP contribution in [0.1, 0.15) is 25.0 Å². The van der Waals surface area contributed by atoms with E-state index in [0.717, 1.165) is 13.1 Å². The van der Waals surface area contributed by atoms with Crippen molar-refractivity contribution >= 4 is 11.3 Å². The number of rotatable bonds is 4. The third-order valence-electron chi connectivity index (χ3n) is 2.68. The molecule has 0 aromatic carbocycles. The van der Waals surface area contributed by atoms with Gasteiger partial charge in [0.25, 0.3) is 0 Å². The van der Waals surface area contributed by atoms with Crippen LogP contribution in [-0.4, -0.2) is 35.8 Å². The van der Waals surface area contributed by atoms with E-state index < -0.39 is 0 Å². The lowest BCUT2D eigenvalue weighted by Gasteiger charge is -2.23. The van der Waals surface area contributed by atoms with Gasteiger partial charge in [0.2, 0.25) is 0 Å². The molecule has 0 saturated carbocycles. The SMILES string of the molecule is CC(C)CN1CC(CO)OC1c1cccs1. The maximum Gasteiger partial charge on any atom is 0.146 e. The topological polar surface area (TPSA) is 32.7 Å². The molecule has 0 bridgehead atoms. The number of ether oxygens (including phenoxy) is 1. The normalized spacial score (nSPS) is 26.8. The number of thiophene rings is 1. The summed E-state index contributed by atoms with van der Waals surface area (Å²) in [5.74, 6) is 0.614. The Morgan fingerprint density at radius 3 is 3.00 bits per heavy atom. The Labute approximate surface area is 101 Å². The van der Waals surface area contributed by atoms with Gasteiger partial charge in [0.1, 0.15) is 6.23 Å². The van der Waals surface area contributed by atoms with Gasteiger partial charge in [-0.05, 0) is 17.4 Å². The number of nitrogens with zero attached hydrogens (tertiary/aromatic N) is 1. The number of hydrogen-bond donors (Lipinski definition) is 1. The van der Waals surface area contributed by atoms with Crippen molar-refractivity contribution in [2.24, 2.45) is 5.92 Å². The van der Waals surface area contributed by atoms with Gasteiger partial charge in [-0.25, -0.2) is 0 Å². The average Bonchev–Trinajstić information content (AvgIpc) is 2.84. The summed E-state index contributed by atoms with van der Waals surface area (Å²) in [6.07, 6.45) is 0.00500. The average molecular weight is 241 g/mol. The fourth-order valence-corrected chi connectivity index (χ4v) is 2.88. The van der Waals surface area contributed by atoms with E-state index in [0.29, 0.717) is 5.92 Å². The smallest absolute Gasteiger partial charge is 0.146 e. The Bertz CT molecular complexity index is 313. The lowest BCUT2D eigenvalue weighted by atomic mass is 10.2. The molecule has 1 aliphatic heterocycles. The number of hydrogen-bond acceptors (Lipinski definition) is 4. The van der Waals surface area contributed by atoms with Crippen LogP contribution >= 0.6 is 11.3 Å². The zero-order valence-corrected chi connectivity index (χ0v) is 10.6. The van der Waals surface area contributed by atoms with Crippen molar-refractivity contribution in [3.63, 3.8) is 0 Å². The summed E-state index contributed by atoms with van der Waals surface area (Å²) in [6, 6.07) is 4.14. The third kappa shape index (κ3) is 2.63. The first-order chi connectivity index (χ1) is 7.70. The molecule has 90 valence electrons. The molecule has 2 heterocycles. The summed E-state index contributed by atoms with van der Waals surface area (Å²) in [4.78, 5) is 3.55. The molecule has 4 heteroatoms. The highest BCUT2D eigenvalue weighted by Crippen LogP contribution is 2.33. The second-order valence-electron chi connectivity index (χ2n) is 4.66. The molecule has 1 aromatic rings. The van der Waals surface area contributed by atoms with Crippen LogP contribution in [0.15, 0.2) is 17.5 Å². The van der Waals surface area contributed by atoms with Crippen LogP contribution in [0.3, 0.4) is 0 Å². The summed E-state index contributed by atoms with van der Waals surface area (Å²) in [5, 5.41) is 11.3. The standard InChI is InChI=1S/C12H19NO2S/c1-9(2)6-13-7-10(8-14)15-12(13)11-4-3-5-16-11/h3-5,9-10,12,14H,6-8H2,1-2H3. The first-order valence-electron chi connectivity index (χ1n) is 5.74. The van der Waals surface area contributed by atoms with E-state index in [9.17, 15) is 5.11 Å². The van der Waals surface area contributed by atoms with Gasteiger partial charge in [-0.2, -0.15) is 0 Å². The molecule has 2 rings (SSSR count). The van der Waals surface area contributed by atoms with E-state index in [1.807, 2.05) is 6.07 Å². The van der Waals surface area contributed by atoms with Crippen molar-refractivity contribution in [1.29, 1.82) is 0 Å². The number of aliphatic hydroxyl groups is 1. The minimum absolute atomic E-state index is 0.0363. The van der Waals surface area contributed by atoms with Crippen LogP contribution in [0.2, 0.25) is 0 Å². The Morgan fingerprint density at radius 1 is 1.62 bits per heavy atom. The second-order valence-corrected chi connectivity index (χ2v) is 5.64. The predicted molar refractivity (Wildman–Crippen MR) is 65.4 cm³/mol. The summed E-state index contributed by atoms with van der Waals surface area (Å²) in [5.41, 5.74) is 0. The van der Waals surface area contributed by atoms with Gasteiger partial charge < -0.3 is 9.84 Å². The van der Waals surface area contributed by atoms with E-state index in [2.05, 4.69) is 30.2 Å². The molecule has 1 N–H and O–H groups in total. The number of aliphatic hydroxyl groups excluding tert-OH is 1. The Kier molecular flexibility index (Phi) is 3.97. The molecule has 1 aromatic heterocycles. The van der Waals surface area contributed by atoms with Crippen molar-refractivity contribution in [3.05, 3.63) is 22.4 Å². The van der Waals surface area contributed by atoms with E-state index >= 15 is 0 Å². The predicted octanol–water partition coefficient (Wildman–Crippen LogP) is 2.10. The van der Waals surface area contributed by atoms with Crippen molar-refractivity contribution < 1.29 is 9.84 Å². The fourth-order valence-electron chi connectivity index (χ4n) is 2.09. The van der Waals surface area contributed by atoms with Crippen molar-refractivity contribution in [2.75, 3.05) is 19.7 Å². The highest BCUT2D eigenvalue weighted by molar-refractivity contribution is 7.10. The van der Waals surface area contributed by atoms with Crippen molar-refractivity contribution in [3.8, 4) is 0 Å². The van der Waals surface area contributed by atoms with Gasteiger partial charge in [0.05, 0.1) is 12.7 Å². The molecular weight excluding hydrogens is 222 g/mol. The van der Waals surface area contributed by atoms with E-state index in [1.54, 1.807) is 11.3 Å². The Balaban J connectivity index is 2.08. The van der Waals surface area contributed by atoms with Crippen LogP contribution in [0.5, 0.6) is 0 Å². The highest BCUT2D eigenvalue weighted by atomic mass is 32.1. The Hall–Kier alpha value is -0.420. The lowest BCUT2D eigenvalue weighted by Crippen LogP contribution is -2.29. The molecule has 1 aliphatic rings. The molecule has 1 fully saturated rings. The summed E-state index contributed by atoms with van der Waals surface area (Å²) in [7, 11) is 0. The van der Waals surface area contributed by atoms with Gasteiger partial charge >= 0.3 is 0 Å². The van der Waals surface area contributed by atoms with Crippen LogP contribution in [0.4, 0.5) is 0 Å². The van der Waals surface area contributed by atoms with E-state index in [4.69, 9.17) is 4.74 Å². The monoisotopic (exact) mass is 241 g/mol. The minimum atomic E-state index is -0.0363. The van der Waals surface area contributed by atoms with Crippen LogP contribution in [0.25, 0.3) is 0 Å². The molecule has 2 atom stereocenters. The van der Waals surface area contributed by atoms with Crippen LogP contribution in [0, 0.1) is 5.92 Å². The molecule has 0 radical (unpaired) electrons. The van der Waals surface area contributed by atoms with Gasteiger partial charge in [-0.15, -0.1) is 11.3 Å². The summed E-state index contributed by atoms with van der Waals surface area (Å²) in [6.45, 7) is 6.36. The molecule has 2 unspecified atom stereocenters. The van der Waals surface area contributed by atoms with Crippen molar-refractivity contribution in [2.45, 2.75) is 26.2 Å². The van der Waals surface area contributed by atoms with Crippen LogP contribution in [-0.2, 0) is 4.74 Å². The summed E-state index contributed by atoms with van der Waals surface area (Å²) < 4.78 is 5.85. The molecular formula is C12H19NO2S. The van der Waals surface area contributed by atoms with E-state index in [1.165, 1.54) is 4.88 Å². The molecule has 0 aliphatic carbocycles.